The van der Waals surface area contributed by atoms with Gasteiger partial charge in [0.2, 0.25) is 0 Å². The highest BCUT2D eigenvalue weighted by Gasteiger charge is 2.22. The summed E-state index contributed by atoms with van der Waals surface area (Å²) in [6.45, 7) is 4.53. The highest BCUT2D eigenvalue weighted by atomic mass is 16.5. The molecule has 3 N–H and O–H groups in total. The molecule has 0 radical (unpaired) electrons. The van der Waals surface area contributed by atoms with Gasteiger partial charge in [0.25, 0.3) is 0 Å². The van der Waals surface area contributed by atoms with Crippen molar-refractivity contribution in [3.8, 4) is 5.75 Å². The molecule has 0 aliphatic heterocycles. The lowest BCUT2D eigenvalue weighted by Gasteiger charge is -2.22. The van der Waals surface area contributed by atoms with Crippen LogP contribution in [0.25, 0.3) is 0 Å². The second kappa shape index (κ2) is 6.13. The van der Waals surface area contributed by atoms with Crippen molar-refractivity contribution in [1.29, 1.82) is 0 Å². The molecule has 94 valence electrons. The first-order chi connectivity index (χ1) is 8.06. The Bertz CT molecular complexity index is 361. The van der Waals surface area contributed by atoms with Gasteiger partial charge in [0.05, 0.1) is 6.61 Å². The number of hydrogen-bond acceptors (Lipinski definition) is 3. The van der Waals surface area contributed by atoms with E-state index in [1.54, 1.807) is 0 Å². The molecular weight excluding hydrogens is 216 g/mol. The van der Waals surface area contributed by atoms with Crippen LogP contribution >= 0.6 is 0 Å². The molecule has 0 saturated heterocycles. The van der Waals surface area contributed by atoms with E-state index in [1.165, 1.54) is 0 Å². The third-order valence-electron chi connectivity index (χ3n) is 2.76. The Kier molecular flexibility index (Phi) is 4.82. The lowest BCUT2D eigenvalue weighted by atomic mass is 9.87. The maximum absolute atomic E-state index is 8.64. The number of benzene rings is 1. The molecule has 17 heavy (non-hydrogen) atoms. The second-order valence-electron chi connectivity index (χ2n) is 4.63. The van der Waals surface area contributed by atoms with E-state index in [-0.39, 0.29) is 11.3 Å². The van der Waals surface area contributed by atoms with Crippen LogP contribution in [-0.2, 0) is 0 Å². The first kappa shape index (κ1) is 13.4. The van der Waals surface area contributed by atoms with Gasteiger partial charge in [-0.05, 0) is 25.0 Å². The molecule has 4 heteroatoms. The zero-order valence-corrected chi connectivity index (χ0v) is 10.4. The van der Waals surface area contributed by atoms with Crippen molar-refractivity contribution in [2.45, 2.75) is 26.7 Å². The summed E-state index contributed by atoms with van der Waals surface area (Å²) < 4.78 is 5.57. The minimum atomic E-state index is -0.297. The van der Waals surface area contributed by atoms with Gasteiger partial charge < -0.3 is 15.7 Å². The first-order valence-electron chi connectivity index (χ1n) is 5.72. The predicted octanol–water partition coefficient (Wildman–Crippen LogP) is 2.62. The molecule has 1 rings (SSSR count). The Hall–Kier alpha value is -1.71. The highest BCUT2D eigenvalue weighted by molar-refractivity contribution is 5.85. The van der Waals surface area contributed by atoms with E-state index in [9.17, 15) is 0 Å². The van der Waals surface area contributed by atoms with Gasteiger partial charge in [-0.1, -0.05) is 37.2 Å². The Labute approximate surface area is 102 Å². The number of para-hydroxylation sites is 1. The molecular formula is C13H20N2O2. The summed E-state index contributed by atoms with van der Waals surface area (Å²) in [7, 11) is 0. The van der Waals surface area contributed by atoms with Gasteiger partial charge in [0.1, 0.15) is 11.6 Å². The van der Waals surface area contributed by atoms with Gasteiger partial charge in [-0.25, -0.2) is 0 Å². The lowest BCUT2D eigenvalue weighted by Crippen LogP contribution is -2.32. The summed E-state index contributed by atoms with van der Waals surface area (Å²) in [6, 6.07) is 9.68. The summed E-state index contributed by atoms with van der Waals surface area (Å²) in [5, 5.41) is 11.7. The molecule has 0 fully saturated rings. The smallest absolute Gasteiger partial charge is 0.144 e. The van der Waals surface area contributed by atoms with Crippen LogP contribution < -0.4 is 10.5 Å². The fourth-order valence-corrected chi connectivity index (χ4v) is 1.48. The lowest BCUT2D eigenvalue weighted by molar-refractivity contribution is 0.277. The van der Waals surface area contributed by atoms with Gasteiger partial charge >= 0.3 is 0 Å². The van der Waals surface area contributed by atoms with Crippen molar-refractivity contribution in [2.75, 3.05) is 6.61 Å². The van der Waals surface area contributed by atoms with Crippen molar-refractivity contribution in [1.82, 2.24) is 0 Å². The van der Waals surface area contributed by atoms with Crippen molar-refractivity contribution < 1.29 is 9.94 Å². The molecule has 0 amide bonds. The monoisotopic (exact) mass is 236 g/mol. The molecule has 0 spiro atoms. The van der Waals surface area contributed by atoms with Gasteiger partial charge in [0.15, 0.2) is 0 Å². The van der Waals surface area contributed by atoms with E-state index in [4.69, 9.17) is 15.7 Å². The molecule has 0 aliphatic rings. The first-order valence-corrected chi connectivity index (χ1v) is 5.72. The molecule has 1 aromatic carbocycles. The Balaban J connectivity index is 2.29. The molecule has 0 unspecified atom stereocenters. The number of nitrogens with two attached hydrogens (primary N) is 1. The highest BCUT2D eigenvalue weighted by Crippen LogP contribution is 2.22. The van der Waals surface area contributed by atoms with E-state index in [2.05, 4.69) is 5.16 Å². The largest absolute Gasteiger partial charge is 0.494 e. The Morgan fingerprint density at radius 3 is 2.59 bits per heavy atom. The number of nitrogens with zero attached hydrogens (tertiary/aromatic N) is 1. The molecule has 4 nitrogen and oxygen atoms in total. The zero-order chi connectivity index (χ0) is 12.7. The third kappa shape index (κ3) is 4.34. The normalized spacial score (nSPS) is 12.5. The summed E-state index contributed by atoms with van der Waals surface area (Å²) in [5.41, 5.74) is 5.31. The van der Waals surface area contributed by atoms with Crippen LogP contribution in [0.2, 0.25) is 0 Å². The molecule has 0 bridgehead atoms. The second-order valence-corrected chi connectivity index (χ2v) is 4.63. The molecule has 0 saturated carbocycles. The fourth-order valence-electron chi connectivity index (χ4n) is 1.48. The molecule has 1 aromatic rings. The Morgan fingerprint density at radius 1 is 1.35 bits per heavy atom. The van der Waals surface area contributed by atoms with Gasteiger partial charge in [-0.15, -0.1) is 0 Å². The predicted molar refractivity (Wildman–Crippen MR) is 68.4 cm³/mol. The van der Waals surface area contributed by atoms with E-state index >= 15 is 0 Å². The van der Waals surface area contributed by atoms with E-state index in [0.29, 0.717) is 6.61 Å². The van der Waals surface area contributed by atoms with Crippen LogP contribution in [0.3, 0.4) is 0 Å². The minimum Gasteiger partial charge on any atom is -0.494 e. The van der Waals surface area contributed by atoms with Crippen LogP contribution in [0.15, 0.2) is 35.5 Å². The average Bonchev–Trinajstić information content (AvgIpc) is 2.35. The number of rotatable bonds is 6. The minimum absolute atomic E-state index is 0.261. The molecule has 0 heterocycles. The van der Waals surface area contributed by atoms with Crippen LogP contribution in [0.4, 0.5) is 0 Å². The van der Waals surface area contributed by atoms with Gasteiger partial charge in [-0.2, -0.15) is 0 Å². The molecule has 0 atom stereocenters. The summed E-state index contributed by atoms with van der Waals surface area (Å²) in [6.07, 6.45) is 1.67. The Morgan fingerprint density at radius 2 is 2.00 bits per heavy atom. The average molecular weight is 236 g/mol. The molecule has 0 aromatic heterocycles. The fraction of sp³-hybridized carbons (Fsp3) is 0.462. The summed E-state index contributed by atoms with van der Waals surface area (Å²) in [5.74, 6) is 1.13. The van der Waals surface area contributed by atoms with Gasteiger partial charge in [-0.3, -0.25) is 0 Å². The van der Waals surface area contributed by atoms with Crippen LogP contribution in [0.5, 0.6) is 5.75 Å². The number of hydrogen-bond donors (Lipinski definition) is 2. The van der Waals surface area contributed by atoms with Crippen LogP contribution in [0, 0.1) is 5.41 Å². The number of oxime groups is 1. The number of ether oxygens (including phenoxy) is 1. The van der Waals surface area contributed by atoms with Crippen molar-refractivity contribution >= 4 is 5.84 Å². The van der Waals surface area contributed by atoms with Crippen molar-refractivity contribution in [2.24, 2.45) is 16.3 Å². The summed E-state index contributed by atoms with van der Waals surface area (Å²) >= 11 is 0. The quantitative estimate of drug-likeness (QED) is 0.262. The van der Waals surface area contributed by atoms with Crippen LogP contribution in [-0.4, -0.2) is 17.6 Å². The SMILES string of the molecule is CC(C)(CCCOc1ccccc1)C(N)=NO. The van der Waals surface area contributed by atoms with E-state index in [1.807, 2.05) is 44.2 Å². The third-order valence-corrected chi connectivity index (χ3v) is 2.76. The zero-order valence-electron chi connectivity index (χ0n) is 10.4. The van der Waals surface area contributed by atoms with E-state index in [0.717, 1.165) is 18.6 Å². The number of amidine groups is 1. The van der Waals surface area contributed by atoms with Gasteiger partial charge in [0, 0.05) is 5.41 Å². The van der Waals surface area contributed by atoms with Crippen molar-refractivity contribution in [3.63, 3.8) is 0 Å². The van der Waals surface area contributed by atoms with Crippen LogP contribution in [0.1, 0.15) is 26.7 Å². The summed E-state index contributed by atoms with van der Waals surface area (Å²) in [4.78, 5) is 0. The molecule has 0 aliphatic carbocycles. The van der Waals surface area contributed by atoms with E-state index < -0.39 is 0 Å². The standard InChI is InChI=1S/C13H20N2O2/c1-13(2,12(14)15-16)9-6-10-17-11-7-4-3-5-8-11/h3-5,7-8,16H,6,9-10H2,1-2H3,(H2,14,15). The van der Waals surface area contributed by atoms with Crippen molar-refractivity contribution in [3.05, 3.63) is 30.3 Å². The topological polar surface area (TPSA) is 67.8 Å². The maximum atomic E-state index is 8.64. The maximum Gasteiger partial charge on any atom is 0.144 e.